The number of likely N-dealkylation sites (tertiary alicyclic amines) is 1. The molecule has 3 heterocycles. The molecule has 5 nitrogen and oxygen atoms in total. The van der Waals surface area contributed by atoms with Crippen LogP contribution < -0.4 is 0 Å². The minimum atomic E-state index is 0.0759. The smallest absolute Gasteiger partial charge is 0.268 e. The molecular weight excluding hydrogens is 322 g/mol. The monoisotopic (exact) mass is 339 g/mol. The van der Waals surface area contributed by atoms with Gasteiger partial charge in [-0.05, 0) is 44.0 Å². The molecule has 0 saturated carbocycles. The highest BCUT2D eigenvalue weighted by Crippen LogP contribution is 2.28. The van der Waals surface area contributed by atoms with Crippen molar-refractivity contribution in [1.29, 1.82) is 0 Å². The lowest BCUT2D eigenvalue weighted by Gasteiger charge is -2.15. The molecule has 0 aliphatic carbocycles. The Morgan fingerprint density at radius 1 is 1.21 bits per heavy atom. The molecule has 0 atom stereocenters. The van der Waals surface area contributed by atoms with E-state index >= 15 is 0 Å². The fraction of sp³-hybridized carbons (Fsp3) is 0.278. The maximum atomic E-state index is 12.5. The van der Waals surface area contributed by atoms with E-state index in [1.165, 1.54) is 4.88 Å². The van der Waals surface area contributed by atoms with Gasteiger partial charge < -0.3 is 9.42 Å². The number of nitrogens with zero attached hydrogens (tertiary/aromatic N) is 3. The van der Waals surface area contributed by atoms with E-state index in [9.17, 15) is 4.79 Å². The maximum Gasteiger partial charge on any atom is 0.268 e. The van der Waals surface area contributed by atoms with Crippen molar-refractivity contribution in [3.63, 3.8) is 0 Å². The minimum absolute atomic E-state index is 0.0759. The van der Waals surface area contributed by atoms with Crippen molar-refractivity contribution in [3.8, 4) is 22.2 Å². The number of carbonyl (C=O) groups is 1. The van der Waals surface area contributed by atoms with Gasteiger partial charge in [0.05, 0.1) is 4.88 Å². The van der Waals surface area contributed by atoms with Crippen LogP contribution in [0.4, 0.5) is 0 Å². The summed E-state index contributed by atoms with van der Waals surface area (Å²) in [6.07, 6.45) is 2.17. The van der Waals surface area contributed by atoms with E-state index in [1.807, 2.05) is 48.2 Å². The number of hydrogen-bond acceptors (Lipinski definition) is 5. The molecular formula is C18H17N3O2S. The molecule has 1 fully saturated rings. The Kier molecular flexibility index (Phi) is 3.90. The molecule has 1 aliphatic rings. The Hall–Kier alpha value is -2.47. The van der Waals surface area contributed by atoms with Crippen LogP contribution in [0.2, 0.25) is 0 Å². The van der Waals surface area contributed by atoms with Gasteiger partial charge in [0, 0.05) is 29.1 Å². The lowest BCUT2D eigenvalue weighted by atomic mass is 10.1. The van der Waals surface area contributed by atoms with E-state index in [1.54, 1.807) is 11.3 Å². The largest absolute Gasteiger partial charge is 0.339 e. The number of carbonyl (C=O) groups excluding carboxylic acids is 1. The van der Waals surface area contributed by atoms with E-state index in [2.05, 4.69) is 10.1 Å². The molecule has 0 spiro atoms. The lowest BCUT2D eigenvalue weighted by molar-refractivity contribution is 0.0793. The third kappa shape index (κ3) is 2.85. The van der Waals surface area contributed by atoms with E-state index < -0.39 is 0 Å². The Labute approximate surface area is 143 Å². The first kappa shape index (κ1) is 15.1. The molecule has 2 aromatic heterocycles. The molecule has 1 amide bonds. The zero-order chi connectivity index (χ0) is 16.5. The molecule has 1 aliphatic heterocycles. The summed E-state index contributed by atoms with van der Waals surface area (Å²) in [6, 6.07) is 11.4. The Morgan fingerprint density at radius 3 is 2.79 bits per heavy atom. The molecule has 0 N–H and O–H groups in total. The minimum Gasteiger partial charge on any atom is -0.339 e. The van der Waals surface area contributed by atoms with Crippen LogP contribution in [0.3, 0.4) is 0 Å². The Morgan fingerprint density at radius 2 is 2.04 bits per heavy atom. The van der Waals surface area contributed by atoms with Crippen LogP contribution in [-0.2, 0) is 0 Å². The van der Waals surface area contributed by atoms with Crippen LogP contribution in [0.5, 0.6) is 0 Å². The van der Waals surface area contributed by atoms with Gasteiger partial charge in [-0.1, -0.05) is 17.3 Å². The first-order valence-corrected chi connectivity index (χ1v) is 8.82. The summed E-state index contributed by atoms with van der Waals surface area (Å²) in [5.74, 6) is 1.10. The van der Waals surface area contributed by atoms with Crippen molar-refractivity contribution in [1.82, 2.24) is 15.0 Å². The second-order valence-electron chi connectivity index (χ2n) is 5.91. The highest BCUT2D eigenvalue weighted by atomic mass is 32.1. The first-order valence-electron chi connectivity index (χ1n) is 8.01. The van der Waals surface area contributed by atoms with E-state index in [-0.39, 0.29) is 5.91 Å². The van der Waals surface area contributed by atoms with E-state index in [0.717, 1.165) is 36.4 Å². The topological polar surface area (TPSA) is 59.2 Å². The van der Waals surface area contributed by atoms with Crippen LogP contribution in [0, 0.1) is 6.92 Å². The summed E-state index contributed by atoms with van der Waals surface area (Å²) in [5, 5.41) is 4.07. The third-order valence-electron chi connectivity index (χ3n) is 4.14. The molecule has 1 aromatic carbocycles. The van der Waals surface area contributed by atoms with Crippen molar-refractivity contribution in [3.05, 3.63) is 46.8 Å². The number of thiophene rings is 1. The number of amides is 1. The zero-order valence-electron chi connectivity index (χ0n) is 13.4. The van der Waals surface area contributed by atoms with Crippen LogP contribution >= 0.6 is 11.3 Å². The Balaban J connectivity index is 1.61. The van der Waals surface area contributed by atoms with Crippen molar-refractivity contribution in [2.45, 2.75) is 19.8 Å². The maximum absolute atomic E-state index is 12.5. The van der Waals surface area contributed by atoms with Crippen molar-refractivity contribution in [2.75, 3.05) is 13.1 Å². The van der Waals surface area contributed by atoms with Gasteiger partial charge in [0.2, 0.25) is 5.82 Å². The van der Waals surface area contributed by atoms with Gasteiger partial charge in [-0.3, -0.25) is 4.79 Å². The molecule has 0 radical (unpaired) electrons. The second-order valence-corrected chi connectivity index (χ2v) is 7.20. The summed E-state index contributed by atoms with van der Waals surface area (Å²) in [6.45, 7) is 3.72. The number of hydrogen-bond donors (Lipinski definition) is 0. The summed E-state index contributed by atoms with van der Waals surface area (Å²) in [5.41, 5.74) is 1.47. The number of benzene rings is 1. The number of aromatic nitrogens is 2. The third-order valence-corrected chi connectivity index (χ3v) is 5.13. The Bertz CT molecular complexity index is 878. The summed E-state index contributed by atoms with van der Waals surface area (Å²) >= 11 is 1.62. The van der Waals surface area contributed by atoms with Crippen LogP contribution in [0.1, 0.15) is 28.1 Å². The molecule has 3 aromatic rings. The van der Waals surface area contributed by atoms with Crippen molar-refractivity contribution in [2.24, 2.45) is 0 Å². The fourth-order valence-electron chi connectivity index (χ4n) is 2.88. The van der Waals surface area contributed by atoms with Crippen molar-refractivity contribution >= 4 is 17.2 Å². The normalized spacial score (nSPS) is 14.3. The molecule has 6 heteroatoms. The summed E-state index contributed by atoms with van der Waals surface area (Å²) < 4.78 is 5.37. The van der Waals surface area contributed by atoms with Crippen LogP contribution in [0.25, 0.3) is 22.2 Å². The molecule has 0 bridgehead atoms. The summed E-state index contributed by atoms with van der Waals surface area (Å²) in [4.78, 5) is 21.0. The fourth-order valence-corrected chi connectivity index (χ4v) is 3.67. The molecule has 1 saturated heterocycles. The molecule has 4 rings (SSSR count). The van der Waals surface area contributed by atoms with Gasteiger partial charge in [0.25, 0.3) is 11.8 Å². The quantitative estimate of drug-likeness (QED) is 0.723. The number of rotatable bonds is 3. The highest BCUT2D eigenvalue weighted by molar-refractivity contribution is 7.15. The zero-order valence-corrected chi connectivity index (χ0v) is 14.2. The van der Waals surface area contributed by atoms with Gasteiger partial charge >= 0.3 is 0 Å². The van der Waals surface area contributed by atoms with Crippen molar-refractivity contribution < 1.29 is 9.32 Å². The molecule has 0 unspecified atom stereocenters. The number of aryl methyl sites for hydroxylation is 1. The van der Waals surface area contributed by atoms with Crippen LogP contribution in [-0.4, -0.2) is 34.0 Å². The predicted molar refractivity (Wildman–Crippen MR) is 92.9 cm³/mol. The van der Waals surface area contributed by atoms with Gasteiger partial charge in [-0.25, -0.2) is 0 Å². The predicted octanol–water partition coefficient (Wildman–Crippen LogP) is 4.01. The van der Waals surface area contributed by atoms with E-state index in [4.69, 9.17) is 4.52 Å². The standard InChI is InChI=1S/C18H17N3O2S/c1-12-7-8-15(24-12)17-19-16(20-23-17)13-5-4-6-14(11-13)18(22)21-9-2-3-10-21/h4-8,11H,2-3,9-10H2,1H3. The van der Waals surface area contributed by atoms with Crippen LogP contribution in [0.15, 0.2) is 40.9 Å². The average molecular weight is 339 g/mol. The molecule has 122 valence electrons. The van der Waals surface area contributed by atoms with Gasteiger partial charge in [0.1, 0.15) is 0 Å². The molecule has 24 heavy (non-hydrogen) atoms. The van der Waals surface area contributed by atoms with E-state index in [0.29, 0.717) is 17.3 Å². The highest BCUT2D eigenvalue weighted by Gasteiger charge is 2.20. The lowest BCUT2D eigenvalue weighted by Crippen LogP contribution is -2.27. The summed E-state index contributed by atoms with van der Waals surface area (Å²) in [7, 11) is 0. The van der Waals surface area contributed by atoms with Gasteiger partial charge in [0.15, 0.2) is 0 Å². The SMILES string of the molecule is Cc1ccc(-c2nc(-c3cccc(C(=O)N4CCCC4)c3)no2)s1. The van der Waals surface area contributed by atoms with Gasteiger partial charge in [-0.15, -0.1) is 11.3 Å². The van der Waals surface area contributed by atoms with Gasteiger partial charge in [-0.2, -0.15) is 4.98 Å². The average Bonchev–Trinajstić information content (AvgIpc) is 3.35. The second kappa shape index (κ2) is 6.20. The first-order chi connectivity index (χ1) is 11.7.